The summed E-state index contributed by atoms with van der Waals surface area (Å²) in [7, 11) is -4.06. The number of aliphatic carboxylic acids is 1. The van der Waals surface area contributed by atoms with Crippen molar-refractivity contribution < 1.29 is 32.6 Å². The summed E-state index contributed by atoms with van der Waals surface area (Å²) in [4.78, 5) is 34.6. The number of para-hydroxylation sites is 1. The van der Waals surface area contributed by atoms with Crippen molar-refractivity contribution in [1.82, 2.24) is 5.32 Å². The Morgan fingerprint density at radius 3 is 2.09 bits per heavy atom. The zero-order chi connectivity index (χ0) is 24.5. The van der Waals surface area contributed by atoms with E-state index in [0.29, 0.717) is 0 Å². The molecule has 0 bridgehead atoms. The molecule has 0 aromatic heterocycles. The van der Waals surface area contributed by atoms with Gasteiger partial charge in [-0.05, 0) is 57.2 Å². The molecule has 0 spiro atoms. The number of amides is 1. The standard InChI is InChI=1S/C20H22N2O7S.I2/c1-20(2,3)19(26)29-13-8-10-14(11-9-13)30(27,28)22-16-7-5-4-6-15(16)18(25)21-12-17(23)24;1-2/h4-11,22H,12H2,1-3H3,(H,21,25)(H,23,24);. The van der Waals surface area contributed by atoms with Crippen LogP contribution >= 0.6 is 37.2 Å². The van der Waals surface area contributed by atoms with E-state index in [-0.39, 0.29) is 21.9 Å². The average molecular weight is 688 g/mol. The molecule has 0 saturated heterocycles. The highest BCUT2D eigenvalue weighted by atomic mass is 128. The molecule has 0 aliphatic heterocycles. The number of halogens is 2. The first kappa shape index (κ1) is 28.1. The number of hydrogen-bond acceptors (Lipinski definition) is 6. The van der Waals surface area contributed by atoms with Crippen molar-refractivity contribution >= 4 is 70.8 Å². The largest absolute Gasteiger partial charge is 0.480 e. The normalized spacial score (nSPS) is 10.9. The Morgan fingerprint density at radius 2 is 1.56 bits per heavy atom. The molecule has 12 heteroatoms. The summed E-state index contributed by atoms with van der Waals surface area (Å²) in [6.45, 7) is 4.49. The molecule has 32 heavy (non-hydrogen) atoms. The van der Waals surface area contributed by atoms with Gasteiger partial charge in [-0.15, -0.1) is 0 Å². The first-order chi connectivity index (χ1) is 14.9. The van der Waals surface area contributed by atoms with E-state index in [1.807, 2.05) is 0 Å². The lowest BCUT2D eigenvalue weighted by Gasteiger charge is -2.16. The Morgan fingerprint density at radius 1 is 1.00 bits per heavy atom. The minimum absolute atomic E-state index is 0.0105. The molecule has 0 atom stereocenters. The fourth-order valence-electron chi connectivity index (χ4n) is 2.17. The highest BCUT2D eigenvalue weighted by Gasteiger charge is 2.24. The minimum Gasteiger partial charge on any atom is -0.480 e. The number of nitrogens with one attached hydrogen (secondary N) is 2. The van der Waals surface area contributed by atoms with Gasteiger partial charge < -0.3 is 15.2 Å². The molecule has 0 saturated carbocycles. The molecule has 1 amide bonds. The molecule has 2 aromatic rings. The maximum absolute atomic E-state index is 12.7. The number of sulfonamides is 1. The molecule has 0 aliphatic rings. The highest BCUT2D eigenvalue weighted by Crippen LogP contribution is 2.23. The van der Waals surface area contributed by atoms with Crippen LogP contribution in [-0.2, 0) is 19.6 Å². The van der Waals surface area contributed by atoms with Crippen LogP contribution in [0.15, 0.2) is 53.4 Å². The second-order valence-corrected chi connectivity index (χ2v) is 9.02. The number of carbonyl (C=O) groups is 3. The van der Waals surface area contributed by atoms with E-state index in [9.17, 15) is 22.8 Å². The zero-order valence-corrected chi connectivity index (χ0v) is 22.5. The zero-order valence-electron chi connectivity index (χ0n) is 17.4. The maximum Gasteiger partial charge on any atom is 0.322 e. The molecular weight excluding hydrogens is 666 g/mol. The van der Waals surface area contributed by atoms with Gasteiger partial charge in [0, 0.05) is 37.2 Å². The number of carboxylic acid groups (broad SMARTS) is 1. The first-order valence-electron chi connectivity index (χ1n) is 8.98. The summed E-state index contributed by atoms with van der Waals surface area (Å²) in [5.74, 6) is -2.23. The van der Waals surface area contributed by atoms with Crippen LogP contribution in [0.3, 0.4) is 0 Å². The number of benzene rings is 2. The second kappa shape index (κ2) is 12.3. The summed E-state index contributed by atoms with van der Waals surface area (Å²) in [5, 5.41) is 10.9. The van der Waals surface area contributed by atoms with Crippen molar-refractivity contribution in [2.75, 3.05) is 11.3 Å². The summed E-state index contributed by atoms with van der Waals surface area (Å²) in [6.07, 6.45) is 0. The molecule has 0 unspecified atom stereocenters. The lowest BCUT2D eigenvalue weighted by Crippen LogP contribution is -2.30. The van der Waals surface area contributed by atoms with E-state index in [1.165, 1.54) is 48.5 Å². The number of rotatable bonds is 7. The molecular formula is C20H22I2N2O7S. The Balaban J connectivity index is 0.00000249. The maximum atomic E-state index is 12.7. The molecule has 3 N–H and O–H groups in total. The van der Waals surface area contributed by atoms with Crippen LogP contribution in [0.25, 0.3) is 0 Å². The topological polar surface area (TPSA) is 139 Å². The Kier molecular flexibility index (Phi) is 10.8. The fraction of sp³-hybridized carbons (Fsp3) is 0.250. The molecule has 0 radical (unpaired) electrons. The van der Waals surface area contributed by atoms with Crippen LogP contribution < -0.4 is 14.8 Å². The summed E-state index contributed by atoms with van der Waals surface area (Å²) >= 11 is 4.24. The number of carboxylic acids is 1. The average Bonchev–Trinajstić information content (AvgIpc) is 2.73. The Bertz CT molecular complexity index is 1070. The quantitative estimate of drug-likeness (QED) is 0.227. The molecule has 0 heterocycles. The predicted molar refractivity (Wildman–Crippen MR) is 137 cm³/mol. The van der Waals surface area contributed by atoms with E-state index < -0.39 is 39.8 Å². The van der Waals surface area contributed by atoms with Gasteiger partial charge in [-0.3, -0.25) is 19.1 Å². The van der Waals surface area contributed by atoms with Gasteiger partial charge in [0.05, 0.1) is 21.6 Å². The molecule has 174 valence electrons. The van der Waals surface area contributed by atoms with Gasteiger partial charge in [0.15, 0.2) is 0 Å². The van der Waals surface area contributed by atoms with Crippen LogP contribution in [0.5, 0.6) is 5.75 Å². The molecule has 0 fully saturated rings. The van der Waals surface area contributed by atoms with Crippen LogP contribution in [-0.4, -0.2) is 37.9 Å². The van der Waals surface area contributed by atoms with Gasteiger partial charge in [-0.1, -0.05) is 12.1 Å². The van der Waals surface area contributed by atoms with Gasteiger partial charge in [0.1, 0.15) is 12.3 Å². The van der Waals surface area contributed by atoms with E-state index in [4.69, 9.17) is 9.84 Å². The van der Waals surface area contributed by atoms with Crippen LogP contribution in [0.4, 0.5) is 5.69 Å². The summed E-state index contributed by atoms with van der Waals surface area (Å²) in [6, 6.07) is 11.0. The van der Waals surface area contributed by atoms with Crippen molar-refractivity contribution in [3.05, 3.63) is 54.1 Å². The van der Waals surface area contributed by atoms with Crippen molar-refractivity contribution in [1.29, 1.82) is 0 Å². The van der Waals surface area contributed by atoms with Crippen molar-refractivity contribution in [3.8, 4) is 5.75 Å². The predicted octanol–water partition coefficient (Wildman–Crippen LogP) is 4.02. The van der Waals surface area contributed by atoms with E-state index in [0.717, 1.165) is 0 Å². The molecule has 2 rings (SSSR count). The first-order valence-corrected chi connectivity index (χ1v) is 16.8. The fourth-order valence-corrected chi connectivity index (χ4v) is 3.25. The third-order valence-corrected chi connectivity index (χ3v) is 5.15. The van der Waals surface area contributed by atoms with Gasteiger partial charge >= 0.3 is 11.9 Å². The van der Waals surface area contributed by atoms with E-state index in [1.54, 1.807) is 20.8 Å². The van der Waals surface area contributed by atoms with Gasteiger partial charge in [-0.2, -0.15) is 0 Å². The van der Waals surface area contributed by atoms with Gasteiger partial charge in [-0.25, -0.2) is 8.42 Å². The SMILES string of the molecule is CC(C)(C)C(=O)Oc1ccc(S(=O)(=O)Nc2ccccc2C(=O)NCC(=O)O)cc1.II. The number of hydrogen-bond donors (Lipinski definition) is 3. The van der Waals surface area contributed by atoms with Crippen molar-refractivity contribution in [2.45, 2.75) is 25.7 Å². The minimum atomic E-state index is -4.06. The Labute approximate surface area is 209 Å². The summed E-state index contributed by atoms with van der Waals surface area (Å²) in [5.41, 5.74) is -0.751. The lowest BCUT2D eigenvalue weighted by molar-refractivity contribution is -0.143. The Hall–Kier alpha value is -1.94. The number of anilines is 1. The third kappa shape index (κ3) is 8.54. The van der Waals surface area contributed by atoms with Crippen molar-refractivity contribution in [2.24, 2.45) is 5.41 Å². The number of ether oxygens (including phenoxy) is 1. The summed E-state index contributed by atoms with van der Waals surface area (Å²) < 4.78 is 32.9. The lowest BCUT2D eigenvalue weighted by atomic mass is 9.97. The number of esters is 1. The van der Waals surface area contributed by atoms with Gasteiger partial charge in [0.2, 0.25) is 0 Å². The van der Waals surface area contributed by atoms with Crippen LogP contribution in [0, 0.1) is 5.41 Å². The highest BCUT2D eigenvalue weighted by molar-refractivity contribution is 15.0. The molecule has 2 aromatic carbocycles. The second-order valence-electron chi connectivity index (χ2n) is 7.34. The van der Waals surface area contributed by atoms with E-state index >= 15 is 0 Å². The molecule has 0 aliphatic carbocycles. The smallest absolute Gasteiger partial charge is 0.322 e. The van der Waals surface area contributed by atoms with Crippen LogP contribution in [0.2, 0.25) is 0 Å². The van der Waals surface area contributed by atoms with Gasteiger partial charge in [0.25, 0.3) is 15.9 Å². The van der Waals surface area contributed by atoms with Crippen LogP contribution in [0.1, 0.15) is 31.1 Å². The third-order valence-electron chi connectivity index (χ3n) is 3.77. The van der Waals surface area contributed by atoms with E-state index in [2.05, 4.69) is 47.3 Å². The molecule has 9 nitrogen and oxygen atoms in total. The monoisotopic (exact) mass is 688 g/mol. The number of carbonyl (C=O) groups excluding carboxylic acids is 2. The van der Waals surface area contributed by atoms with Crippen molar-refractivity contribution in [3.63, 3.8) is 0 Å².